The SMILES string of the molecule is CC(=O)OC[C@H]1OC(O[C@H]2CC[C@@]3(C)C(=CC[C@H]4[C@@H]5CC[C@H](/C(C)=N/OC6C=CCCC6)[C@@]5(C)CC[C@@H]43)C2)C=C[C@@H]1OC(C)=O. The Morgan fingerprint density at radius 1 is 0.978 bits per heavy atom. The highest BCUT2D eigenvalue weighted by atomic mass is 16.7. The van der Waals surface area contributed by atoms with E-state index in [1.54, 1.807) is 11.6 Å². The maximum absolute atomic E-state index is 11.6. The molecule has 0 aromatic rings. The number of allylic oxidation sites excluding steroid dienone is 2. The minimum atomic E-state index is -0.613. The summed E-state index contributed by atoms with van der Waals surface area (Å²) in [6.45, 7) is 10.0. The molecule has 5 aliphatic carbocycles. The van der Waals surface area contributed by atoms with E-state index in [0.717, 1.165) is 50.4 Å². The topological polar surface area (TPSA) is 92.7 Å². The summed E-state index contributed by atoms with van der Waals surface area (Å²) in [6.07, 6.45) is 21.6. The second kappa shape index (κ2) is 13.3. The van der Waals surface area contributed by atoms with Crippen molar-refractivity contribution in [3.63, 3.8) is 0 Å². The molecule has 45 heavy (non-hydrogen) atoms. The van der Waals surface area contributed by atoms with Crippen molar-refractivity contribution in [2.45, 2.75) is 136 Å². The monoisotopic (exact) mass is 623 g/mol. The Kier molecular flexibility index (Phi) is 9.64. The van der Waals surface area contributed by atoms with Crippen molar-refractivity contribution >= 4 is 17.7 Å². The molecule has 0 bridgehead atoms. The van der Waals surface area contributed by atoms with Gasteiger partial charge in [-0.25, -0.2) is 0 Å². The van der Waals surface area contributed by atoms with E-state index in [0.29, 0.717) is 17.3 Å². The van der Waals surface area contributed by atoms with E-state index in [9.17, 15) is 9.59 Å². The average molecular weight is 624 g/mol. The molecule has 1 heterocycles. The normalized spacial score (nSPS) is 42.6. The number of nitrogens with zero attached hydrogens (tertiary/aromatic N) is 1. The van der Waals surface area contributed by atoms with Gasteiger partial charge in [-0.3, -0.25) is 9.59 Å². The molecule has 11 atom stereocenters. The zero-order valence-corrected chi connectivity index (χ0v) is 27.9. The molecule has 1 aliphatic heterocycles. The number of hydrogen-bond donors (Lipinski definition) is 0. The van der Waals surface area contributed by atoms with Crippen LogP contribution in [0.4, 0.5) is 0 Å². The zero-order valence-electron chi connectivity index (χ0n) is 27.9. The van der Waals surface area contributed by atoms with E-state index in [1.807, 2.05) is 6.08 Å². The third kappa shape index (κ3) is 6.69. The summed E-state index contributed by atoms with van der Waals surface area (Å²) in [6, 6.07) is 0. The Labute approximate surface area is 269 Å². The minimum absolute atomic E-state index is 0.00560. The first-order chi connectivity index (χ1) is 21.6. The molecule has 248 valence electrons. The molecule has 0 spiro atoms. The van der Waals surface area contributed by atoms with Gasteiger partial charge in [0.25, 0.3) is 0 Å². The lowest BCUT2D eigenvalue weighted by Crippen LogP contribution is -2.51. The molecule has 3 fully saturated rings. The summed E-state index contributed by atoms with van der Waals surface area (Å²) in [5, 5.41) is 4.73. The van der Waals surface area contributed by atoms with Crippen LogP contribution in [0.5, 0.6) is 0 Å². The van der Waals surface area contributed by atoms with Gasteiger partial charge in [-0.2, -0.15) is 0 Å². The lowest BCUT2D eigenvalue weighted by atomic mass is 9.47. The highest BCUT2D eigenvalue weighted by Crippen LogP contribution is 2.66. The van der Waals surface area contributed by atoms with Crippen molar-refractivity contribution in [1.82, 2.24) is 0 Å². The van der Waals surface area contributed by atoms with Gasteiger partial charge in [0.15, 0.2) is 6.29 Å². The molecule has 0 aromatic heterocycles. The number of esters is 2. The summed E-state index contributed by atoms with van der Waals surface area (Å²) in [5.41, 5.74) is 3.25. The molecule has 3 saturated carbocycles. The summed E-state index contributed by atoms with van der Waals surface area (Å²) >= 11 is 0. The Morgan fingerprint density at radius 3 is 2.58 bits per heavy atom. The molecule has 0 N–H and O–H groups in total. The van der Waals surface area contributed by atoms with Crippen LogP contribution in [0.25, 0.3) is 0 Å². The number of ether oxygens (including phenoxy) is 4. The van der Waals surface area contributed by atoms with Gasteiger partial charge >= 0.3 is 11.9 Å². The number of fused-ring (bicyclic) bond motifs is 5. The Bertz CT molecular complexity index is 1240. The van der Waals surface area contributed by atoms with Crippen molar-refractivity contribution in [2.24, 2.45) is 39.7 Å². The van der Waals surface area contributed by atoms with Gasteiger partial charge in [0.1, 0.15) is 24.9 Å². The Balaban J connectivity index is 1.09. The smallest absolute Gasteiger partial charge is 0.303 e. The van der Waals surface area contributed by atoms with Crippen LogP contribution in [0.3, 0.4) is 0 Å². The second-order valence-electron chi connectivity index (χ2n) is 15.0. The molecule has 0 aromatic carbocycles. The van der Waals surface area contributed by atoms with Gasteiger partial charge in [-0.15, -0.1) is 0 Å². The third-order valence-electron chi connectivity index (χ3n) is 12.3. The van der Waals surface area contributed by atoms with Crippen molar-refractivity contribution in [2.75, 3.05) is 6.61 Å². The number of carbonyl (C=O) groups is 2. The fourth-order valence-corrected chi connectivity index (χ4v) is 10.0. The molecular weight excluding hydrogens is 570 g/mol. The first kappa shape index (κ1) is 32.5. The Hall–Kier alpha value is -2.45. The maximum Gasteiger partial charge on any atom is 0.303 e. The van der Waals surface area contributed by atoms with Crippen LogP contribution in [-0.2, 0) is 33.4 Å². The standard InChI is InChI=1S/C37H53NO7/c1-23(38-45-27-9-7-6-8-10-27)30-13-14-31-29-12-11-26-21-28(17-19-36(26,4)32(29)18-20-37(30,31)5)43-35-16-15-33(42-25(3)40)34(44-35)22-41-24(2)39/h7,9,11,15-16,27-35H,6,8,10,12-14,17-22H2,1-5H3/b38-23+/t27?,28-,29-,30+,31-,32-,33-,34+,35?,36-,37+/m0/s1. The van der Waals surface area contributed by atoms with Crippen LogP contribution < -0.4 is 0 Å². The molecule has 8 nitrogen and oxygen atoms in total. The van der Waals surface area contributed by atoms with E-state index in [1.165, 1.54) is 51.7 Å². The van der Waals surface area contributed by atoms with Crippen molar-refractivity contribution in [1.29, 1.82) is 0 Å². The molecular formula is C37H53NO7. The van der Waals surface area contributed by atoms with Gasteiger partial charge in [-0.1, -0.05) is 36.7 Å². The van der Waals surface area contributed by atoms with Crippen LogP contribution in [0.1, 0.15) is 105 Å². The molecule has 0 saturated heterocycles. The fourth-order valence-electron chi connectivity index (χ4n) is 10.0. The van der Waals surface area contributed by atoms with Crippen LogP contribution in [0, 0.1) is 34.5 Å². The third-order valence-corrected chi connectivity index (χ3v) is 12.3. The molecule has 6 aliphatic rings. The average Bonchev–Trinajstić information content (AvgIpc) is 3.37. The summed E-state index contributed by atoms with van der Waals surface area (Å²) in [5.74, 6) is 1.86. The summed E-state index contributed by atoms with van der Waals surface area (Å²) < 4.78 is 23.2. The van der Waals surface area contributed by atoms with Crippen LogP contribution in [0.15, 0.2) is 41.1 Å². The molecule has 8 heteroatoms. The molecule has 2 unspecified atom stereocenters. The lowest BCUT2D eigenvalue weighted by molar-refractivity contribution is -0.213. The van der Waals surface area contributed by atoms with Crippen LogP contribution in [0.2, 0.25) is 0 Å². The number of carbonyl (C=O) groups excluding carboxylic acids is 2. The highest BCUT2D eigenvalue weighted by Gasteiger charge is 2.59. The maximum atomic E-state index is 11.6. The second-order valence-corrected chi connectivity index (χ2v) is 15.0. The van der Waals surface area contributed by atoms with Gasteiger partial charge in [-0.05, 0) is 124 Å². The molecule has 6 rings (SSSR count). The highest BCUT2D eigenvalue weighted by molar-refractivity contribution is 5.85. The first-order valence-electron chi connectivity index (χ1n) is 17.4. The Morgan fingerprint density at radius 2 is 1.82 bits per heavy atom. The van der Waals surface area contributed by atoms with Gasteiger partial charge in [0.05, 0.1) is 11.8 Å². The minimum Gasteiger partial charge on any atom is -0.463 e. The number of hydrogen-bond acceptors (Lipinski definition) is 8. The molecule has 0 radical (unpaired) electrons. The number of oxime groups is 1. The first-order valence-corrected chi connectivity index (χ1v) is 17.4. The van der Waals surface area contributed by atoms with Crippen LogP contribution >= 0.6 is 0 Å². The summed E-state index contributed by atoms with van der Waals surface area (Å²) in [7, 11) is 0. The van der Waals surface area contributed by atoms with E-state index >= 15 is 0 Å². The molecule has 0 amide bonds. The van der Waals surface area contributed by atoms with Crippen molar-refractivity contribution in [3.8, 4) is 0 Å². The van der Waals surface area contributed by atoms with Gasteiger partial charge in [0, 0.05) is 19.8 Å². The van der Waals surface area contributed by atoms with Gasteiger partial charge < -0.3 is 23.8 Å². The fraction of sp³-hybridized carbons (Fsp3) is 0.757. The van der Waals surface area contributed by atoms with E-state index < -0.39 is 30.4 Å². The van der Waals surface area contributed by atoms with E-state index in [4.69, 9.17) is 28.9 Å². The largest absolute Gasteiger partial charge is 0.463 e. The van der Waals surface area contributed by atoms with Gasteiger partial charge in [0.2, 0.25) is 0 Å². The predicted octanol–water partition coefficient (Wildman–Crippen LogP) is 7.23. The summed E-state index contributed by atoms with van der Waals surface area (Å²) in [4.78, 5) is 29.0. The number of rotatable bonds is 8. The van der Waals surface area contributed by atoms with Crippen molar-refractivity contribution in [3.05, 3.63) is 36.0 Å². The zero-order chi connectivity index (χ0) is 31.8. The van der Waals surface area contributed by atoms with E-state index in [2.05, 4.69) is 39.0 Å². The predicted molar refractivity (Wildman–Crippen MR) is 171 cm³/mol. The quantitative estimate of drug-likeness (QED) is 0.122. The van der Waals surface area contributed by atoms with Crippen LogP contribution in [-0.4, -0.2) is 55.0 Å². The van der Waals surface area contributed by atoms with E-state index in [-0.39, 0.29) is 24.2 Å². The van der Waals surface area contributed by atoms with Crippen molar-refractivity contribution < 1.29 is 33.4 Å². The lowest BCUT2D eigenvalue weighted by Gasteiger charge is -2.58.